The van der Waals surface area contributed by atoms with Gasteiger partial charge in [-0.15, -0.1) is 0 Å². The zero-order chi connectivity index (χ0) is 14.7. The summed E-state index contributed by atoms with van der Waals surface area (Å²) < 4.78 is 2.54. The summed E-state index contributed by atoms with van der Waals surface area (Å²) in [6.07, 6.45) is 3.61. The van der Waals surface area contributed by atoms with Crippen LogP contribution in [0.2, 0.25) is 0 Å². The third kappa shape index (κ3) is 3.16. The fourth-order valence-electron chi connectivity index (χ4n) is 1.89. The predicted molar refractivity (Wildman–Crippen MR) is 80.7 cm³/mol. The van der Waals surface area contributed by atoms with E-state index in [1.165, 1.54) is 6.07 Å². The van der Waals surface area contributed by atoms with Gasteiger partial charge >= 0.3 is 0 Å². The number of aromatic nitrogens is 2. The van der Waals surface area contributed by atoms with Crippen LogP contribution in [0, 0.1) is 10.1 Å². The van der Waals surface area contributed by atoms with Gasteiger partial charge in [-0.2, -0.15) is 0 Å². The van der Waals surface area contributed by atoms with Crippen LogP contribution in [-0.4, -0.2) is 14.5 Å². The Bertz CT molecular complexity index is 625. The molecule has 0 aliphatic heterocycles. The molecule has 2 aromatic rings. The number of anilines is 1. The van der Waals surface area contributed by atoms with Crippen LogP contribution >= 0.6 is 15.9 Å². The predicted octanol–water partition coefficient (Wildman–Crippen LogP) is 3.75. The summed E-state index contributed by atoms with van der Waals surface area (Å²) in [5.74, 6) is 0. The van der Waals surface area contributed by atoms with Gasteiger partial charge in [0.2, 0.25) is 0 Å². The number of imidazole rings is 1. The van der Waals surface area contributed by atoms with E-state index < -0.39 is 4.92 Å². The number of rotatable bonds is 5. The van der Waals surface area contributed by atoms with E-state index in [-0.39, 0.29) is 5.69 Å². The molecule has 0 unspecified atom stereocenters. The smallest absolute Gasteiger partial charge is 0.283 e. The van der Waals surface area contributed by atoms with E-state index in [9.17, 15) is 10.1 Å². The summed E-state index contributed by atoms with van der Waals surface area (Å²) in [6, 6.07) is 5.22. The number of nitro benzene ring substituents is 1. The molecule has 106 valence electrons. The van der Waals surface area contributed by atoms with Gasteiger partial charge in [0.15, 0.2) is 0 Å². The second-order valence-corrected chi connectivity index (χ2v) is 5.52. The monoisotopic (exact) mass is 338 g/mol. The minimum absolute atomic E-state index is 0.0581. The molecule has 1 heterocycles. The third-order valence-corrected chi connectivity index (χ3v) is 3.56. The number of hydrogen-bond donors (Lipinski definition) is 1. The first-order valence-electron chi connectivity index (χ1n) is 6.17. The zero-order valence-electron chi connectivity index (χ0n) is 11.2. The Hall–Kier alpha value is -1.89. The number of benzene rings is 1. The molecule has 7 heteroatoms. The molecule has 20 heavy (non-hydrogen) atoms. The SMILES string of the molecule is CC(C)n1cncc1CNc1ccc([N+](=O)[O-])c(Br)c1. The van der Waals surface area contributed by atoms with Gasteiger partial charge in [-0.3, -0.25) is 10.1 Å². The van der Waals surface area contributed by atoms with E-state index in [0.29, 0.717) is 17.1 Å². The largest absolute Gasteiger partial charge is 0.379 e. The van der Waals surface area contributed by atoms with Crippen molar-refractivity contribution in [2.45, 2.75) is 26.4 Å². The molecule has 0 aliphatic carbocycles. The van der Waals surface area contributed by atoms with E-state index >= 15 is 0 Å². The Kier molecular flexibility index (Phi) is 4.39. The molecule has 0 aliphatic rings. The van der Waals surface area contributed by atoms with Crippen LogP contribution in [0.5, 0.6) is 0 Å². The second-order valence-electron chi connectivity index (χ2n) is 4.66. The number of nitrogens with one attached hydrogen (secondary N) is 1. The van der Waals surface area contributed by atoms with Crippen LogP contribution in [0.15, 0.2) is 35.2 Å². The Morgan fingerprint density at radius 2 is 2.25 bits per heavy atom. The van der Waals surface area contributed by atoms with Crippen molar-refractivity contribution in [3.05, 3.63) is 51.0 Å². The Labute approximate surface area is 125 Å². The zero-order valence-corrected chi connectivity index (χ0v) is 12.8. The average molecular weight is 339 g/mol. The molecule has 1 N–H and O–H groups in total. The molecule has 0 spiro atoms. The van der Waals surface area contributed by atoms with Crippen LogP contribution in [0.3, 0.4) is 0 Å². The maximum atomic E-state index is 10.7. The van der Waals surface area contributed by atoms with E-state index in [1.807, 2.05) is 6.20 Å². The maximum Gasteiger partial charge on any atom is 0.283 e. The highest BCUT2D eigenvalue weighted by Crippen LogP contribution is 2.27. The minimum atomic E-state index is -0.415. The Morgan fingerprint density at radius 3 is 2.85 bits per heavy atom. The van der Waals surface area contributed by atoms with Crippen LogP contribution in [-0.2, 0) is 6.54 Å². The highest BCUT2D eigenvalue weighted by Gasteiger charge is 2.12. The molecule has 6 nitrogen and oxygen atoms in total. The normalized spacial score (nSPS) is 10.8. The van der Waals surface area contributed by atoms with Crippen molar-refractivity contribution < 1.29 is 4.92 Å². The first-order valence-corrected chi connectivity index (χ1v) is 6.97. The Morgan fingerprint density at radius 1 is 1.50 bits per heavy atom. The summed E-state index contributed by atoms with van der Waals surface area (Å²) >= 11 is 3.20. The minimum Gasteiger partial charge on any atom is -0.379 e. The average Bonchev–Trinajstić information content (AvgIpc) is 2.84. The highest BCUT2D eigenvalue weighted by molar-refractivity contribution is 9.10. The summed E-state index contributed by atoms with van der Waals surface area (Å²) in [5.41, 5.74) is 1.94. The standard InChI is InChI=1S/C13H15BrN4O2/c1-9(2)17-8-15-6-11(17)7-16-10-3-4-13(18(19)20)12(14)5-10/h3-6,8-9,16H,7H2,1-2H3. The van der Waals surface area contributed by atoms with E-state index in [1.54, 1.807) is 18.5 Å². The maximum absolute atomic E-state index is 10.7. The lowest BCUT2D eigenvalue weighted by Crippen LogP contribution is -2.08. The summed E-state index contributed by atoms with van der Waals surface area (Å²) in [6.45, 7) is 4.80. The quantitative estimate of drug-likeness (QED) is 0.665. The van der Waals surface area contributed by atoms with Gasteiger partial charge in [-0.25, -0.2) is 4.98 Å². The molecular formula is C13H15BrN4O2. The molecule has 0 fully saturated rings. The van der Waals surface area contributed by atoms with Crippen LogP contribution in [0.4, 0.5) is 11.4 Å². The molecule has 0 amide bonds. The lowest BCUT2D eigenvalue weighted by Gasteiger charge is -2.13. The molecule has 0 bridgehead atoms. The van der Waals surface area contributed by atoms with Crippen molar-refractivity contribution >= 4 is 27.3 Å². The van der Waals surface area contributed by atoms with Gasteiger partial charge in [-0.1, -0.05) is 0 Å². The van der Waals surface area contributed by atoms with Gasteiger partial charge in [0.1, 0.15) is 0 Å². The number of halogens is 1. The van der Waals surface area contributed by atoms with E-state index in [2.05, 4.69) is 44.6 Å². The molecular weight excluding hydrogens is 324 g/mol. The summed E-state index contributed by atoms with van der Waals surface area (Å²) in [7, 11) is 0. The lowest BCUT2D eigenvalue weighted by molar-refractivity contribution is -0.385. The van der Waals surface area contributed by atoms with E-state index in [0.717, 1.165) is 11.4 Å². The van der Waals surface area contributed by atoms with E-state index in [4.69, 9.17) is 0 Å². The number of nitro groups is 1. The third-order valence-electron chi connectivity index (χ3n) is 2.92. The first kappa shape index (κ1) is 14.5. The lowest BCUT2D eigenvalue weighted by atomic mass is 10.2. The molecule has 2 rings (SSSR count). The van der Waals surface area contributed by atoms with Crippen LogP contribution in [0.25, 0.3) is 0 Å². The first-order chi connectivity index (χ1) is 9.49. The number of hydrogen-bond acceptors (Lipinski definition) is 4. The fourth-order valence-corrected chi connectivity index (χ4v) is 2.42. The molecule has 1 aromatic heterocycles. The molecule has 1 aromatic carbocycles. The molecule has 0 saturated carbocycles. The highest BCUT2D eigenvalue weighted by atomic mass is 79.9. The molecule has 0 radical (unpaired) electrons. The molecule has 0 saturated heterocycles. The van der Waals surface area contributed by atoms with Crippen molar-refractivity contribution in [1.29, 1.82) is 0 Å². The Balaban J connectivity index is 2.09. The van der Waals surface area contributed by atoms with Crippen molar-refractivity contribution in [2.75, 3.05) is 5.32 Å². The topological polar surface area (TPSA) is 73.0 Å². The molecule has 0 atom stereocenters. The fraction of sp³-hybridized carbons (Fsp3) is 0.308. The van der Waals surface area contributed by atoms with Crippen LogP contribution in [0.1, 0.15) is 25.6 Å². The van der Waals surface area contributed by atoms with Gasteiger partial charge < -0.3 is 9.88 Å². The van der Waals surface area contributed by atoms with Crippen molar-refractivity contribution in [1.82, 2.24) is 9.55 Å². The van der Waals surface area contributed by atoms with Crippen LogP contribution < -0.4 is 5.32 Å². The van der Waals surface area contributed by atoms with Gasteiger partial charge in [0.05, 0.1) is 28.0 Å². The van der Waals surface area contributed by atoms with Gasteiger partial charge in [-0.05, 0) is 41.9 Å². The second kappa shape index (κ2) is 6.04. The summed E-state index contributed by atoms with van der Waals surface area (Å²) in [4.78, 5) is 14.5. The van der Waals surface area contributed by atoms with Gasteiger partial charge in [0, 0.05) is 24.0 Å². The summed E-state index contributed by atoms with van der Waals surface area (Å²) in [5, 5.41) is 14.0. The number of nitrogens with zero attached hydrogens (tertiary/aromatic N) is 3. The van der Waals surface area contributed by atoms with Gasteiger partial charge in [0.25, 0.3) is 5.69 Å². The van der Waals surface area contributed by atoms with Crippen molar-refractivity contribution in [3.63, 3.8) is 0 Å². The van der Waals surface area contributed by atoms with Crippen molar-refractivity contribution in [3.8, 4) is 0 Å². The van der Waals surface area contributed by atoms with Crippen molar-refractivity contribution in [2.24, 2.45) is 0 Å².